The third kappa shape index (κ3) is 4.03. The average Bonchev–Trinajstić information content (AvgIpc) is 2.67. The Hall–Kier alpha value is -3.28. The summed E-state index contributed by atoms with van der Waals surface area (Å²) in [5.74, 6) is 0.652. The highest BCUT2D eigenvalue weighted by atomic mass is 19.1. The third-order valence-electron chi connectivity index (χ3n) is 3.94. The zero-order valence-corrected chi connectivity index (χ0v) is 14.5. The molecule has 0 saturated heterocycles. The van der Waals surface area contributed by atoms with Crippen LogP contribution >= 0.6 is 0 Å². The molecule has 0 bridgehead atoms. The predicted octanol–water partition coefficient (Wildman–Crippen LogP) is 3.53. The zero-order chi connectivity index (χ0) is 18.5. The van der Waals surface area contributed by atoms with Crippen molar-refractivity contribution in [2.75, 3.05) is 7.11 Å². The van der Waals surface area contributed by atoms with E-state index in [1.54, 1.807) is 26.2 Å². The van der Waals surface area contributed by atoms with Gasteiger partial charge in [0.25, 0.3) is 5.91 Å². The Bertz CT molecular complexity index is 909. The number of amides is 1. The van der Waals surface area contributed by atoms with E-state index in [1.165, 1.54) is 18.3 Å². The summed E-state index contributed by atoms with van der Waals surface area (Å²) < 4.78 is 18.1. The summed E-state index contributed by atoms with van der Waals surface area (Å²) in [6.45, 7) is 2.14. The monoisotopic (exact) mass is 351 g/mol. The normalized spacial score (nSPS) is 10.4. The Labute approximate surface area is 150 Å². The molecule has 3 aromatic rings. The number of carbonyl (C=O) groups is 1. The van der Waals surface area contributed by atoms with Crippen molar-refractivity contribution in [3.05, 3.63) is 77.4 Å². The molecule has 6 heteroatoms. The van der Waals surface area contributed by atoms with Crippen LogP contribution < -0.4 is 10.1 Å². The number of nitrogens with zero attached hydrogens (tertiary/aromatic N) is 2. The molecular weight excluding hydrogens is 333 g/mol. The lowest BCUT2D eigenvalue weighted by Gasteiger charge is -2.09. The first-order chi connectivity index (χ1) is 12.6. The molecule has 0 radical (unpaired) electrons. The first-order valence-corrected chi connectivity index (χ1v) is 8.07. The lowest BCUT2D eigenvalue weighted by molar-refractivity contribution is 0.0949. The van der Waals surface area contributed by atoms with E-state index in [-0.39, 0.29) is 11.7 Å². The van der Waals surface area contributed by atoms with E-state index in [0.29, 0.717) is 29.2 Å². The highest BCUT2D eigenvalue weighted by Crippen LogP contribution is 2.17. The minimum absolute atomic E-state index is 0.246. The SMILES string of the molecule is COc1ccc(CNC(=O)c2cnc(-c3ccc(F)cc3)nc2C)cc1. The molecule has 1 amide bonds. The van der Waals surface area contributed by atoms with Gasteiger partial charge in [-0.1, -0.05) is 12.1 Å². The van der Waals surface area contributed by atoms with E-state index in [1.807, 2.05) is 24.3 Å². The summed E-state index contributed by atoms with van der Waals surface area (Å²) in [5, 5.41) is 2.85. The van der Waals surface area contributed by atoms with E-state index in [9.17, 15) is 9.18 Å². The molecule has 26 heavy (non-hydrogen) atoms. The minimum Gasteiger partial charge on any atom is -0.497 e. The number of hydrogen-bond donors (Lipinski definition) is 1. The average molecular weight is 351 g/mol. The first-order valence-electron chi connectivity index (χ1n) is 8.07. The van der Waals surface area contributed by atoms with Gasteiger partial charge >= 0.3 is 0 Å². The van der Waals surface area contributed by atoms with Gasteiger partial charge in [0.05, 0.1) is 18.4 Å². The summed E-state index contributed by atoms with van der Waals surface area (Å²) in [6.07, 6.45) is 1.49. The molecule has 1 aromatic heterocycles. The Balaban J connectivity index is 1.70. The van der Waals surface area contributed by atoms with E-state index in [2.05, 4.69) is 15.3 Å². The zero-order valence-electron chi connectivity index (χ0n) is 14.5. The van der Waals surface area contributed by atoms with Crippen LogP contribution in [-0.4, -0.2) is 23.0 Å². The fourth-order valence-electron chi connectivity index (χ4n) is 2.45. The van der Waals surface area contributed by atoms with Crippen molar-refractivity contribution in [1.82, 2.24) is 15.3 Å². The molecule has 0 aliphatic carbocycles. The van der Waals surface area contributed by atoms with E-state index in [0.717, 1.165) is 11.3 Å². The van der Waals surface area contributed by atoms with Gasteiger partial charge in [-0.05, 0) is 48.9 Å². The molecule has 5 nitrogen and oxygen atoms in total. The van der Waals surface area contributed by atoms with Crippen LogP contribution in [0.4, 0.5) is 4.39 Å². The number of aryl methyl sites for hydroxylation is 1. The minimum atomic E-state index is -0.319. The number of hydrogen-bond acceptors (Lipinski definition) is 4. The smallest absolute Gasteiger partial charge is 0.254 e. The standard InChI is InChI=1S/C20H18FN3O2/c1-13-18(12-22-19(24-13)15-5-7-16(21)8-6-15)20(25)23-11-14-3-9-17(26-2)10-4-14/h3-10,12H,11H2,1-2H3,(H,23,25). The number of benzene rings is 2. The van der Waals surface area contributed by atoms with Gasteiger partial charge in [-0.15, -0.1) is 0 Å². The van der Waals surface area contributed by atoms with Crippen LogP contribution in [0.25, 0.3) is 11.4 Å². The summed E-state index contributed by atoms with van der Waals surface area (Å²) in [6, 6.07) is 13.4. The van der Waals surface area contributed by atoms with Crippen LogP contribution in [0, 0.1) is 12.7 Å². The fraction of sp³-hybridized carbons (Fsp3) is 0.150. The molecule has 1 heterocycles. The number of halogens is 1. The third-order valence-corrected chi connectivity index (χ3v) is 3.94. The topological polar surface area (TPSA) is 64.1 Å². The Morgan fingerprint density at radius 2 is 1.81 bits per heavy atom. The van der Waals surface area contributed by atoms with Crippen molar-refractivity contribution in [1.29, 1.82) is 0 Å². The quantitative estimate of drug-likeness (QED) is 0.764. The van der Waals surface area contributed by atoms with Crippen LogP contribution in [-0.2, 0) is 6.54 Å². The largest absolute Gasteiger partial charge is 0.497 e. The van der Waals surface area contributed by atoms with E-state index < -0.39 is 0 Å². The fourth-order valence-corrected chi connectivity index (χ4v) is 2.45. The molecule has 132 valence electrons. The van der Waals surface area contributed by atoms with Gasteiger partial charge in [0.2, 0.25) is 0 Å². The molecule has 0 spiro atoms. The lowest BCUT2D eigenvalue weighted by atomic mass is 10.1. The van der Waals surface area contributed by atoms with Gasteiger partial charge in [-0.2, -0.15) is 0 Å². The maximum Gasteiger partial charge on any atom is 0.254 e. The highest BCUT2D eigenvalue weighted by molar-refractivity contribution is 5.95. The summed E-state index contributed by atoms with van der Waals surface area (Å²) in [4.78, 5) is 21.0. The molecule has 0 fully saturated rings. The molecule has 0 aliphatic rings. The number of rotatable bonds is 5. The number of aromatic nitrogens is 2. The maximum atomic E-state index is 13.0. The lowest BCUT2D eigenvalue weighted by Crippen LogP contribution is -2.24. The summed E-state index contributed by atoms with van der Waals surface area (Å²) in [7, 11) is 1.61. The first kappa shape index (κ1) is 17.5. The van der Waals surface area contributed by atoms with Gasteiger partial charge in [-0.25, -0.2) is 14.4 Å². The highest BCUT2D eigenvalue weighted by Gasteiger charge is 2.12. The van der Waals surface area contributed by atoms with Crippen molar-refractivity contribution < 1.29 is 13.9 Å². The van der Waals surface area contributed by atoms with Gasteiger partial charge < -0.3 is 10.1 Å². The molecule has 3 rings (SSSR count). The molecule has 0 aliphatic heterocycles. The van der Waals surface area contributed by atoms with E-state index in [4.69, 9.17) is 4.74 Å². The number of ether oxygens (including phenoxy) is 1. The predicted molar refractivity (Wildman–Crippen MR) is 96.3 cm³/mol. The van der Waals surface area contributed by atoms with Crippen molar-refractivity contribution in [2.24, 2.45) is 0 Å². The molecule has 2 aromatic carbocycles. The molecular formula is C20H18FN3O2. The second kappa shape index (κ2) is 7.74. The Kier molecular flexibility index (Phi) is 5.22. The van der Waals surface area contributed by atoms with Gasteiger partial charge in [0.15, 0.2) is 5.82 Å². The summed E-state index contributed by atoms with van der Waals surface area (Å²) >= 11 is 0. The molecule has 0 atom stereocenters. The number of nitrogens with one attached hydrogen (secondary N) is 1. The van der Waals surface area contributed by atoms with E-state index >= 15 is 0 Å². The van der Waals surface area contributed by atoms with Crippen molar-refractivity contribution in [3.8, 4) is 17.1 Å². The summed E-state index contributed by atoms with van der Waals surface area (Å²) in [5.41, 5.74) is 2.62. The second-order valence-corrected chi connectivity index (χ2v) is 5.73. The second-order valence-electron chi connectivity index (χ2n) is 5.73. The molecule has 1 N–H and O–H groups in total. The molecule has 0 unspecified atom stereocenters. The van der Waals surface area contributed by atoms with Crippen molar-refractivity contribution >= 4 is 5.91 Å². The van der Waals surface area contributed by atoms with Crippen molar-refractivity contribution in [3.63, 3.8) is 0 Å². The van der Waals surface area contributed by atoms with Gasteiger partial charge in [0, 0.05) is 18.3 Å². The number of methoxy groups -OCH3 is 1. The van der Waals surface area contributed by atoms with Crippen LogP contribution in [0.15, 0.2) is 54.7 Å². The Morgan fingerprint density at radius 1 is 1.12 bits per heavy atom. The number of carbonyl (C=O) groups excluding carboxylic acids is 1. The Morgan fingerprint density at radius 3 is 2.42 bits per heavy atom. The van der Waals surface area contributed by atoms with Crippen molar-refractivity contribution in [2.45, 2.75) is 13.5 Å². The maximum absolute atomic E-state index is 13.0. The van der Waals surface area contributed by atoms with Crippen LogP contribution in [0.5, 0.6) is 5.75 Å². The van der Waals surface area contributed by atoms with Gasteiger partial charge in [-0.3, -0.25) is 4.79 Å². The van der Waals surface area contributed by atoms with Crippen LogP contribution in [0.1, 0.15) is 21.6 Å². The molecule has 0 saturated carbocycles. The van der Waals surface area contributed by atoms with Gasteiger partial charge in [0.1, 0.15) is 11.6 Å². The van der Waals surface area contributed by atoms with Crippen LogP contribution in [0.3, 0.4) is 0 Å². The van der Waals surface area contributed by atoms with Crippen LogP contribution in [0.2, 0.25) is 0 Å².